The Morgan fingerprint density at radius 3 is 3.00 bits per heavy atom. The lowest BCUT2D eigenvalue weighted by atomic mass is 10.1. The molecule has 2 atom stereocenters. The fourth-order valence-electron chi connectivity index (χ4n) is 2.23. The summed E-state index contributed by atoms with van der Waals surface area (Å²) in [4.78, 5) is 0. The van der Waals surface area contributed by atoms with Crippen molar-refractivity contribution in [2.45, 2.75) is 50.8 Å². The average molecular weight is 224 g/mol. The zero-order chi connectivity index (χ0) is 11.4. The van der Waals surface area contributed by atoms with Crippen LogP contribution in [0.4, 0.5) is 0 Å². The second kappa shape index (κ2) is 5.41. The third-order valence-electron chi connectivity index (χ3n) is 3.33. The van der Waals surface area contributed by atoms with Crippen molar-refractivity contribution in [3.05, 3.63) is 11.9 Å². The van der Waals surface area contributed by atoms with Gasteiger partial charge in [0.2, 0.25) is 0 Å². The summed E-state index contributed by atoms with van der Waals surface area (Å²) in [5.74, 6) is 0. The number of hydrogen-bond acceptors (Lipinski definition) is 4. The highest BCUT2D eigenvalue weighted by Gasteiger charge is 2.21. The minimum Gasteiger partial charge on any atom is -0.392 e. The van der Waals surface area contributed by atoms with Crippen LogP contribution in [0.5, 0.6) is 0 Å². The van der Waals surface area contributed by atoms with Crippen molar-refractivity contribution in [1.29, 1.82) is 0 Å². The Kier molecular flexibility index (Phi) is 3.90. The van der Waals surface area contributed by atoms with Crippen molar-refractivity contribution < 1.29 is 5.11 Å². The molecular formula is C11H20N4O. The SMILES string of the molecule is Cn1nncc1CNC1CCCCCC1O. The second-order valence-corrected chi connectivity index (χ2v) is 4.54. The van der Waals surface area contributed by atoms with Crippen LogP contribution in [-0.2, 0) is 13.6 Å². The van der Waals surface area contributed by atoms with Crippen molar-refractivity contribution >= 4 is 0 Å². The molecule has 2 rings (SSSR count). The molecule has 16 heavy (non-hydrogen) atoms. The first-order valence-electron chi connectivity index (χ1n) is 6.02. The van der Waals surface area contributed by atoms with Crippen LogP contribution in [0, 0.1) is 0 Å². The van der Waals surface area contributed by atoms with Gasteiger partial charge in [0, 0.05) is 19.6 Å². The van der Waals surface area contributed by atoms with Crippen LogP contribution in [0.3, 0.4) is 0 Å². The molecule has 5 nitrogen and oxygen atoms in total. The second-order valence-electron chi connectivity index (χ2n) is 4.54. The van der Waals surface area contributed by atoms with Gasteiger partial charge in [-0.2, -0.15) is 0 Å². The molecule has 1 aliphatic carbocycles. The maximum absolute atomic E-state index is 9.95. The van der Waals surface area contributed by atoms with Crippen molar-refractivity contribution in [3.8, 4) is 0 Å². The van der Waals surface area contributed by atoms with E-state index in [0.717, 1.165) is 31.5 Å². The molecule has 0 amide bonds. The van der Waals surface area contributed by atoms with Gasteiger partial charge in [-0.1, -0.05) is 24.5 Å². The number of nitrogens with zero attached hydrogens (tertiary/aromatic N) is 3. The number of rotatable bonds is 3. The molecule has 1 saturated carbocycles. The van der Waals surface area contributed by atoms with Gasteiger partial charge in [0.15, 0.2) is 0 Å². The summed E-state index contributed by atoms with van der Waals surface area (Å²) in [6, 6.07) is 0.220. The molecule has 90 valence electrons. The summed E-state index contributed by atoms with van der Waals surface area (Å²) in [7, 11) is 1.88. The van der Waals surface area contributed by atoms with E-state index in [9.17, 15) is 5.11 Å². The van der Waals surface area contributed by atoms with Gasteiger partial charge < -0.3 is 10.4 Å². The van der Waals surface area contributed by atoms with Crippen molar-refractivity contribution in [3.63, 3.8) is 0 Å². The molecule has 0 aromatic carbocycles. The van der Waals surface area contributed by atoms with Gasteiger partial charge >= 0.3 is 0 Å². The summed E-state index contributed by atoms with van der Waals surface area (Å²) >= 11 is 0. The highest BCUT2D eigenvalue weighted by Crippen LogP contribution is 2.18. The predicted molar refractivity (Wildman–Crippen MR) is 60.7 cm³/mol. The Hall–Kier alpha value is -0.940. The minimum atomic E-state index is -0.205. The Balaban J connectivity index is 1.86. The molecule has 1 aliphatic rings. The van der Waals surface area contributed by atoms with Gasteiger partial charge in [-0.05, 0) is 12.8 Å². The monoisotopic (exact) mass is 224 g/mol. The first-order valence-corrected chi connectivity index (χ1v) is 6.02. The molecule has 0 spiro atoms. The zero-order valence-corrected chi connectivity index (χ0v) is 9.76. The Bertz CT molecular complexity index is 326. The first kappa shape index (κ1) is 11.5. The summed E-state index contributed by atoms with van der Waals surface area (Å²) in [5.41, 5.74) is 1.05. The third kappa shape index (κ3) is 2.80. The topological polar surface area (TPSA) is 63.0 Å². The van der Waals surface area contributed by atoms with E-state index in [0.29, 0.717) is 0 Å². The largest absolute Gasteiger partial charge is 0.392 e. The molecule has 2 unspecified atom stereocenters. The Morgan fingerprint density at radius 2 is 2.25 bits per heavy atom. The lowest BCUT2D eigenvalue weighted by Gasteiger charge is -2.21. The molecule has 1 fully saturated rings. The normalized spacial score (nSPS) is 26.6. The van der Waals surface area contributed by atoms with E-state index in [4.69, 9.17) is 0 Å². The van der Waals surface area contributed by atoms with Crippen LogP contribution in [-0.4, -0.2) is 32.2 Å². The van der Waals surface area contributed by atoms with E-state index in [1.807, 2.05) is 7.05 Å². The molecular weight excluding hydrogens is 204 g/mol. The number of aromatic nitrogens is 3. The zero-order valence-electron chi connectivity index (χ0n) is 9.76. The Morgan fingerprint density at radius 1 is 1.44 bits per heavy atom. The first-order chi connectivity index (χ1) is 7.77. The van der Waals surface area contributed by atoms with Gasteiger partial charge in [0.05, 0.1) is 18.0 Å². The van der Waals surface area contributed by atoms with Crippen molar-refractivity contribution in [2.75, 3.05) is 0 Å². The van der Waals surface area contributed by atoms with Gasteiger partial charge in [-0.15, -0.1) is 5.10 Å². The van der Waals surface area contributed by atoms with Crippen LogP contribution in [0.25, 0.3) is 0 Å². The van der Waals surface area contributed by atoms with Crippen LogP contribution in [0.15, 0.2) is 6.20 Å². The molecule has 1 aromatic heterocycles. The molecule has 0 aliphatic heterocycles. The smallest absolute Gasteiger partial charge is 0.0738 e. The number of nitrogens with one attached hydrogen (secondary N) is 1. The standard InChI is InChI=1S/C11H20N4O/c1-15-9(8-13-14-15)7-12-10-5-3-2-4-6-11(10)16/h8,10-12,16H,2-7H2,1H3. The lowest BCUT2D eigenvalue weighted by Crippen LogP contribution is -2.38. The summed E-state index contributed by atoms with van der Waals surface area (Å²) in [6.07, 6.45) is 7.13. The van der Waals surface area contributed by atoms with Gasteiger partial charge in [-0.3, -0.25) is 4.68 Å². The fraction of sp³-hybridized carbons (Fsp3) is 0.818. The van der Waals surface area contributed by atoms with E-state index in [1.54, 1.807) is 10.9 Å². The fourth-order valence-corrected chi connectivity index (χ4v) is 2.23. The quantitative estimate of drug-likeness (QED) is 0.738. The number of aliphatic hydroxyl groups is 1. The van der Waals surface area contributed by atoms with Crippen LogP contribution in [0.1, 0.15) is 37.8 Å². The number of aliphatic hydroxyl groups excluding tert-OH is 1. The van der Waals surface area contributed by atoms with Gasteiger partial charge in [0.25, 0.3) is 0 Å². The van der Waals surface area contributed by atoms with E-state index in [1.165, 1.54) is 12.8 Å². The molecule has 1 aromatic rings. The third-order valence-corrected chi connectivity index (χ3v) is 3.33. The highest BCUT2D eigenvalue weighted by molar-refractivity contribution is 4.93. The van der Waals surface area contributed by atoms with Gasteiger partial charge in [-0.25, -0.2) is 0 Å². The summed E-state index contributed by atoms with van der Waals surface area (Å²) < 4.78 is 1.76. The average Bonchev–Trinajstić information content (AvgIpc) is 2.56. The molecule has 0 radical (unpaired) electrons. The van der Waals surface area contributed by atoms with Crippen molar-refractivity contribution in [1.82, 2.24) is 20.3 Å². The van der Waals surface area contributed by atoms with Crippen LogP contribution >= 0.6 is 0 Å². The molecule has 0 saturated heterocycles. The minimum absolute atomic E-state index is 0.205. The predicted octanol–water partition coefficient (Wildman–Crippen LogP) is 0.598. The molecule has 5 heteroatoms. The maximum Gasteiger partial charge on any atom is 0.0738 e. The highest BCUT2D eigenvalue weighted by atomic mass is 16.3. The van der Waals surface area contributed by atoms with Gasteiger partial charge in [0.1, 0.15) is 0 Å². The van der Waals surface area contributed by atoms with E-state index in [-0.39, 0.29) is 12.1 Å². The molecule has 0 bridgehead atoms. The van der Waals surface area contributed by atoms with E-state index >= 15 is 0 Å². The van der Waals surface area contributed by atoms with Crippen molar-refractivity contribution in [2.24, 2.45) is 7.05 Å². The Labute approximate surface area is 95.8 Å². The summed E-state index contributed by atoms with van der Waals surface area (Å²) in [5, 5.41) is 21.1. The van der Waals surface area contributed by atoms with Crippen LogP contribution in [0.2, 0.25) is 0 Å². The molecule has 1 heterocycles. The lowest BCUT2D eigenvalue weighted by molar-refractivity contribution is 0.119. The van der Waals surface area contributed by atoms with Crippen LogP contribution < -0.4 is 5.32 Å². The number of hydrogen-bond donors (Lipinski definition) is 2. The van der Waals surface area contributed by atoms with E-state index < -0.39 is 0 Å². The molecule has 2 N–H and O–H groups in total. The summed E-state index contributed by atoms with van der Waals surface area (Å²) in [6.45, 7) is 0.727. The maximum atomic E-state index is 9.95. The number of aryl methyl sites for hydroxylation is 1. The van der Waals surface area contributed by atoms with E-state index in [2.05, 4.69) is 15.6 Å².